The molecule has 2 aromatic rings. The third-order valence-electron chi connectivity index (χ3n) is 3.78. The lowest BCUT2D eigenvalue weighted by molar-refractivity contribution is -0.171. The molecule has 0 unspecified atom stereocenters. The second-order valence-electron chi connectivity index (χ2n) is 4.84. The highest BCUT2D eigenvalue weighted by Gasteiger charge is 2.30. The van der Waals surface area contributed by atoms with Gasteiger partial charge < -0.3 is 10.2 Å². The second-order valence-corrected chi connectivity index (χ2v) is 4.84. The zero-order valence-corrected chi connectivity index (χ0v) is 10.4. The smallest absolute Gasteiger partial charge is 0.189 e. The van der Waals surface area contributed by atoms with Crippen molar-refractivity contribution in [1.82, 2.24) is 0 Å². The van der Waals surface area contributed by atoms with Crippen LogP contribution in [0.3, 0.4) is 0 Å². The Morgan fingerprint density at radius 3 is 2.50 bits per heavy atom. The molecule has 18 heavy (non-hydrogen) atoms. The molecule has 0 aromatic heterocycles. The summed E-state index contributed by atoms with van der Waals surface area (Å²) in [6, 6.07) is 14.0. The van der Waals surface area contributed by atoms with E-state index in [0.29, 0.717) is 12.0 Å². The van der Waals surface area contributed by atoms with Crippen molar-refractivity contribution in [3.8, 4) is 11.1 Å². The van der Waals surface area contributed by atoms with Gasteiger partial charge in [0.1, 0.15) is 0 Å². The molecule has 0 saturated heterocycles. The highest BCUT2D eigenvalue weighted by Crippen LogP contribution is 2.41. The van der Waals surface area contributed by atoms with Crippen LogP contribution in [0.15, 0.2) is 42.5 Å². The van der Waals surface area contributed by atoms with Crippen LogP contribution in [0.4, 0.5) is 0 Å². The molecule has 0 saturated carbocycles. The van der Waals surface area contributed by atoms with Crippen molar-refractivity contribution < 1.29 is 10.2 Å². The monoisotopic (exact) mass is 240 g/mol. The van der Waals surface area contributed by atoms with Crippen molar-refractivity contribution in [2.24, 2.45) is 0 Å². The van der Waals surface area contributed by atoms with Crippen LogP contribution < -0.4 is 0 Å². The first-order valence-corrected chi connectivity index (χ1v) is 6.29. The SMILES string of the molecule is CCC(O)(O)c1cccc2c1Cc1ccccc1-2. The van der Waals surface area contributed by atoms with E-state index in [1.807, 2.05) is 24.3 Å². The fourth-order valence-corrected chi connectivity index (χ4v) is 2.72. The van der Waals surface area contributed by atoms with E-state index in [0.717, 1.165) is 17.5 Å². The number of rotatable bonds is 2. The summed E-state index contributed by atoms with van der Waals surface area (Å²) >= 11 is 0. The maximum atomic E-state index is 10.1. The van der Waals surface area contributed by atoms with E-state index < -0.39 is 5.79 Å². The molecule has 0 aliphatic heterocycles. The Morgan fingerprint density at radius 1 is 1.00 bits per heavy atom. The number of hydrogen-bond acceptors (Lipinski definition) is 2. The van der Waals surface area contributed by atoms with Crippen molar-refractivity contribution in [3.05, 3.63) is 59.2 Å². The maximum Gasteiger partial charge on any atom is 0.189 e. The molecule has 0 bridgehead atoms. The predicted molar refractivity (Wildman–Crippen MR) is 71.1 cm³/mol. The van der Waals surface area contributed by atoms with Crippen LogP contribution in [0.5, 0.6) is 0 Å². The Morgan fingerprint density at radius 2 is 1.72 bits per heavy atom. The second kappa shape index (κ2) is 3.94. The van der Waals surface area contributed by atoms with Gasteiger partial charge in [-0.05, 0) is 28.7 Å². The van der Waals surface area contributed by atoms with Crippen molar-refractivity contribution in [2.45, 2.75) is 25.6 Å². The Bertz CT molecular complexity index is 600. The van der Waals surface area contributed by atoms with E-state index in [4.69, 9.17) is 0 Å². The first kappa shape index (κ1) is 11.5. The van der Waals surface area contributed by atoms with Gasteiger partial charge in [-0.1, -0.05) is 49.4 Å². The molecule has 92 valence electrons. The lowest BCUT2D eigenvalue weighted by Crippen LogP contribution is -2.25. The van der Waals surface area contributed by atoms with Crippen molar-refractivity contribution in [2.75, 3.05) is 0 Å². The number of hydrogen-bond donors (Lipinski definition) is 2. The van der Waals surface area contributed by atoms with Crippen molar-refractivity contribution >= 4 is 0 Å². The molecule has 1 aliphatic rings. The Balaban J connectivity index is 2.20. The molecular weight excluding hydrogens is 224 g/mol. The lowest BCUT2D eigenvalue weighted by atomic mass is 9.94. The van der Waals surface area contributed by atoms with Gasteiger partial charge in [-0.2, -0.15) is 0 Å². The Labute approximate surface area is 107 Å². The molecule has 0 amide bonds. The van der Waals surface area contributed by atoms with Crippen LogP contribution in [0.2, 0.25) is 0 Å². The third-order valence-corrected chi connectivity index (χ3v) is 3.78. The summed E-state index contributed by atoms with van der Waals surface area (Å²) in [5.41, 5.74) is 5.28. The van der Waals surface area contributed by atoms with Gasteiger partial charge in [0.15, 0.2) is 5.79 Å². The molecular formula is C16H16O2. The molecule has 1 aliphatic carbocycles. The standard InChI is InChI=1S/C16H16O2/c1-2-16(17,18)15-9-5-8-13-12-7-4-3-6-11(12)10-14(13)15/h3-9,17-18H,2,10H2,1H3. The highest BCUT2D eigenvalue weighted by atomic mass is 16.5. The summed E-state index contributed by atoms with van der Waals surface area (Å²) in [7, 11) is 0. The largest absolute Gasteiger partial charge is 0.362 e. The van der Waals surface area contributed by atoms with Gasteiger partial charge in [0, 0.05) is 12.0 Å². The van der Waals surface area contributed by atoms with E-state index in [9.17, 15) is 10.2 Å². The fraction of sp³-hybridized carbons (Fsp3) is 0.250. The number of benzene rings is 2. The molecule has 0 atom stereocenters. The number of fused-ring (bicyclic) bond motifs is 3. The highest BCUT2D eigenvalue weighted by molar-refractivity contribution is 5.78. The maximum absolute atomic E-state index is 10.1. The van der Waals surface area contributed by atoms with Gasteiger partial charge >= 0.3 is 0 Å². The number of aliphatic hydroxyl groups is 2. The van der Waals surface area contributed by atoms with Gasteiger partial charge in [-0.25, -0.2) is 0 Å². The molecule has 2 nitrogen and oxygen atoms in total. The lowest BCUT2D eigenvalue weighted by Gasteiger charge is -2.23. The van der Waals surface area contributed by atoms with Crippen molar-refractivity contribution in [3.63, 3.8) is 0 Å². The van der Waals surface area contributed by atoms with Crippen LogP contribution in [-0.2, 0) is 12.2 Å². The molecule has 0 radical (unpaired) electrons. The molecule has 0 heterocycles. The van der Waals surface area contributed by atoms with Gasteiger partial charge in [0.25, 0.3) is 0 Å². The van der Waals surface area contributed by atoms with E-state index in [1.165, 1.54) is 11.1 Å². The normalized spacial score (nSPS) is 13.3. The third kappa shape index (κ3) is 1.57. The topological polar surface area (TPSA) is 40.5 Å². The van der Waals surface area contributed by atoms with Gasteiger partial charge in [0.2, 0.25) is 0 Å². The first-order valence-electron chi connectivity index (χ1n) is 6.29. The van der Waals surface area contributed by atoms with Crippen LogP contribution in [0.25, 0.3) is 11.1 Å². The molecule has 2 aromatic carbocycles. The van der Waals surface area contributed by atoms with Gasteiger partial charge in [-0.15, -0.1) is 0 Å². The van der Waals surface area contributed by atoms with Crippen molar-refractivity contribution in [1.29, 1.82) is 0 Å². The Kier molecular flexibility index (Phi) is 2.51. The zero-order chi connectivity index (χ0) is 12.8. The average molecular weight is 240 g/mol. The van der Waals surface area contributed by atoms with E-state index in [2.05, 4.69) is 18.2 Å². The van der Waals surface area contributed by atoms with E-state index in [1.54, 1.807) is 6.92 Å². The van der Waals surface area contributed by atoms with E-state index in [-0.39, 0.29) is 0 Å². The quantitative estimate of drug-likeness (QED) is 0.676. The predicted octanol–water partition coefficient (Wildman–Crippen LogP) is 2.81. The van der Waals surface area contributed by atoms with Crippen LogP contribution in [-0.4, -0.2) is 10.2 Å². The minimum Gasteiger partial charge on any atom is -0.362 e. The summed E-state index contributed by atoms with van der Waals surface area (Å²) in [6.45, 7) is 1.78. The van der Waals surface area contributed by atoms with E-state index >= 15 is 0 Å². The molecule has 2 N–H and O–H groups in total. The van der Waals surface area contributed by atoms with Crippen LogP contribution >= 0.6 is 0 Å². The Hall–Kier alpha value is -1.64. The minimum absolute atomic E-state index is 0.291. The summed E-state index contributed by atoms with van der Waals surface area (Å²) in [5, 5.41) is 20.2. The molecule has 0 fully saturated rings. The zero-order valence-electron chi connectivity index (χ0n) is 10.4. The summed E-state index contributed by atoms with van der Waals surface area (Å²) in [5.74, 6) is -1.73. The van der Waals surface area contributed by atoms with Crippen LogP contribution in [0, 0.1) is 0 Å². The summed E-state index contributed by atoms with van der Waals surface area (Å²) in [4.78, 5) is 0. The molecule has 2 heteroatoms. The molecule has 3 rings (SSSR count). The fourth-order valence-electron chi connectivity index (χ4n) is 2.72. The van der Waals surface area contributed by atoms with Crippen LogP contribution in [0.1, 0.15) is 30.0 Å². The van der Waals surface area contributed by atoms with Gasteiger partial charge in [0.05, 0.1) is 0 Å². The first-order chi connectivity index (χ1) is 8.63. The summed E-state index contributed by atoms with van der Waals surface area (Å²) < 4.78 is 0. The minimum atomic E-state index is -1.73. The van der Waals surface area contributed by atoms with Gasteiger partial charge in [-0.3, -0.25) is 0 Å². The molecule has 0 spiro atoms. The average Bonchev–Trinajstić information content (AvgIpc) is 2.77. The summed E-state index contributed by atoms with van der Waals surface area (Å²) in [6.07, 6.45) is 1.07.